The quantitative estimate of drug-likeness (QED) is 0.678. The van der Waals surface area contributed by atoms with E-state index in [0.29, 0.717) is 12.2 Å². The van der Waals surface area contributed by atoms with Gasteiger partial charge < -0.3 is 5.32 Å². The summed E-state index contributed by atoms with van der Waals surface area (Å²) in [6, 6.07) is 16.2. The van der Waals surface area contributed by atoms with E-state index < -0.39 is 0 Å². The monoisotopic (exact) mass is 407 g/mol. The van der Waals surface area contributed by atoms with Crippen molar-refractivity contribution in [3.8, 4) is 0 Å². The highest BCUT2D eigenvalue weighted by molar-refractivity contribution is 7.99. The number of nitrogens with one attached hydrogen (secondary N) is 1. The lowest BCUT2D eigenvalue weighted by Crippen LogP contribution is -2.31. The van der Waals surface area contributed by atoms with Gasteiger partial charge in [-0.25, -0.2) is 4.68 Å². The summed E-state index contributed by atoms with van der Waals surface area (Å²) in [6.07, 6.45) is 1.68. The van der Waals surface area contributed by atoms with Crippen LogP contribution in [0.1, 0.15) is 27.2 Å². The molecule has 1 saturated heterocycles. The first-order chi connectivity index (χ1) is 14.2. The van der Waals surface area contributed by atoms with Gasteiger partial charge in [0, 0.05) is 36.8 Å². The van der Waals surface area contributed by atoms with Gasteiger partial charge in [0.15, 0.2) is 5.69 Å². The van der Waals surface area contributed by atoms with Gasteiger partial charge in [-0.15, -0.1) is 5.10 Å². The van der Waals surface area contributed by atoms with Gasteiger partial charge in [0.05, 0.1) is 12.7 Å². The normalized spacial score (nSPS) is 14.7. The van der Waals surface area contributed by atoms with Crippen LogP contribution in [-0.2, 0) is 13.1 Å². The highest BCUT2D eigenvalue weighted by Gasteiger charge is 2.14. The fourth-order valence-electron chi connectivity index (χ4n) is 3.42. The minimum absolute atomic E-state index is 0.242. The van der Waals surface area contributed by atoms with Crippen LogP contribution < -0.4 is 5.32 Å². The highest BCUT2D eigenvalue weighted by Crippen LogP contribution is 2.20. The van der Waals surface area contributed by atoms with Crippen LogP contribution in [0, 0.1) is 6.92 Å². The summed E-state index contributed by atoms with van der Waals surface area (Å²) in [4.78, 5) is 15.1. The molecular weight excluding hydrogens is 382 g/mol. The molecule has 1 aliphatic heterocycles. The lowest BCUT2D eigenvalue weighted by atomic mass is 10.1. The van der Waals surface area contributed by atoms with Crippen LogP contribution in [0.5, 0.6) is 0 Å². The van der Waals surface area contributed by atoms with Crippen molar-refractivity contribution >= 4 is 23.4 Å². The molecule has 1 N–H and O–H groups in total. The second-order valence-corrected chi connectivity index (χ2v) is 8.50. The summed E-state index contributed by atoms with van der Waals surface area (Å²) < 4.78 is 1.68. The van der Waals surface area contributed by atoms with Crippen molar-refractivity contribution in [2.24, 2.45) is 0 Å². The van der Waals surface area contributed by atoms with Crippen LogP contribution in [0.25, 0.3) is 0 Å². The molecule has 0 spiro atoms. The first-order valence-electron chi connectivity index (χ1n) is 9.82. The molecule has 4 rings (SSSR count). The maximum atomic E-state index is 12.6. The number of anilines is 1. The number of carbonyl (C=O) groups is 1. The third-order valence-electron chi connectivity index (χ3n) is 5.01. The van der Waals surface area contributed by atoms with Crippen molar-refractivity contribution in [2.45, 2.75) is 20.0 Å². The highest BCUT2D eigenvalue weighted by atomic mass is 32.2. The molecular formula is C22H25N5OS. The number of amides is 1. The van der Waals surface area contributed by atoms with Crippen molar-refractivity contribution in [3.63, 3.8) is 0 Å². The van der Waals surface area contributed by atoms with Gasteiger partial charge in [-0.1, -0.05) is 47.7 Å². The summed E-state index contributed by atoms with van der Waals surface area (Å²) >= 11 is 2.02. The van der Waals surface area contributed by atoms with Crippen molar-refractivity contribution in [1.29, 1.82) is 0 Å². The Bertz CT molecular complexity index is 966. The number of rotatable bonds is 6. The smallest absolute Gasteiger partial charge is 0.277 e. The number of hydrogen-bond acceptors (Lipinski definition) is 5. The maximum Gasteiger partial charge on any atom is 0.277 e. The van der Waals surface area contributed by atoms with E-state index in [-0.39, 0.29) is 5.91 Å². The van der Waals surface area contributed by atoms with E-state index >= 15 is 0 Å². The summed E-state index contributed by atoms with van der Waals surface area (Å²) in [5, 5.41) is 11.1. The fourth-order valence-corrected chi connectivity index (χ4v) is 4.40. The Balaban J connectivity index is 1.38. The number of aromatic nitrogens is 3. The molecule has 0 saturated carbocycles. The molecule has 6 nitrogen and oxygen atoms in total. The third-order valence-corrected chi connectivity index (χ3v) is 5.95. The Morgan fingerprint density at radius 2 is 1.86 bits per heavy atom. The van der Waals surface area contributed by atoms with E-state index in [0.717, 1.165) is 36.4 Å². The number of benzene rings is 2. The predicted molar refractivity (Wildman–Crippen MR) is 117 cm³/mol. The maximum absolute atomic E-state index is 12.6. The zero-order valence-electron chi connectivity index (χ0n) is 16.5. The molecule has 0 radical (unpaired) electrons. The van der Waals surface area contributed by atoms with Gasteiger partial charge in [0.2, 0.25) is 0 Å². The van der Waals surface area contributed by atoms with Crippen LogP contribution in [0.3, 0.4) is 0 Å². The van der Waals surface area contributed by atoms with Gasteiger partial charge in [-0.05, 0) is 29.7 Å². The second kappa shape index (κ2) is 9.24. The molecule has 2 heterocycles. The lowest BCUT2D eigenvalue weighted by Gasteiger charge is -2.26. The number of aryl methyl sites for hydroxylation is 1. The molecule has 0 atom stereocenters. The van der Waals surface area contributed by atoms with Crippen molar-refractivity contribution in [3.05, 3.63) is 77.1 Å². The Labute approximate surface area is 175 Å². The number of carbonyl (C=O) groups excluding carboxylic acids is 1. The standard InChI is InChI=1S/C22H25N5OS/c1-17-13-19(14-26-9-11-29-12-10-26)7-8-20(17)23-22(28)21-16-27(25-24-21)15-18-5-3-2-4-6-18/h2-8,13,16H,9-12,14-15H2,1H3,(H,23,28). The van der Waals surface area contributed by atoms with E-state index in [1.54, 1.807) is 10.9 Å². The average Bonchev–Trinajstić information content (AvgIpc) is 3.20. The van der Waals surface area contributed by atoms with Gasteiger partial charge in [-0.2, -0.15) is 11.8 Å². The summed E-state index contributed by atoms with van der Waals surface area (Å²) in [7, 11) is 0. The molecule has 1 aromatic heterocycles. The molecule has 3 aromatic rings. The molecule has 0 aliphatic carbocycles. The van der Waals surface area contributed by atoms with Gasteiger partial charge in [-0.3, -0.25) is 9.69 Å². The van der Waals surface area contributed by atoms with Crippen LogP contribution in [-0.4, -0.2) is 50.4 Å². The van der Waals surface area contributed by atoms with E-state index in [2.05, 4.69) is 32.7 Å². The van der Waals surface area contributed by atoms with Crippen LogP contribution in [0.2, 0.25) is 0 Å². The molecule has 29 heavy (non-hydrogen) atoms. The minimum atomic E-state index is -0.242. The van der Waals surface area contributed by atoms with E-state index in [1.807, 2.05) is 55.1 Å². The summed E-state index contributed by atoms with van der Waals surface area (Å²) in [5.41, 5.74) is 4.57. The molecule has 1 amide bonds. The second-order valence-electron chi connectivity index (χ2n) is 7.28. The fraction of sp³-hybridized carbons (Fsp3) is 0.318. The van der Waals surface area contributed by atoms with Crippen molar-refractivity contribution < 1.29 is 4.79 Å². The lowest BCUT2D eigenvalue weighted by molar-refractivity contribution is 0.102. The zero-order chi connectivity index (χ0) is 20.1. The van der Waals surface area contributed by atoms with Crippen molar-refractivity contribution in [2.75, 3.05) is 29.9 Å². The van der Waals surface area contributed by atoms with Crippen LogP contribution >= 0.6 is 11.8 Å². The van der Waals surface area contributed by atoms with E-state index in [1.165, 1.54) is 17.1 Å². The van der Waals surface area contributed by atoms with Gasteiger partial charge >= 0.3 is 0 Å². The Morgan fingerprint density at radius 3 is 2.62 bits per heavy atom. The molecule has 7 heteroatoms. The third kappa shape index (κ3) is 5.25. The van der Waals surface area contributed by atoms with Crippen LogP contribution in [0.15, 0.2) is 54.7 Å². The SMILES string of the molecule is Cc1cc(CN2CCSCC2)ccc1NC(=O)c1cn(Cc2ccccc2)nn1. The summed E-state index contributed by atoms with van der Waals surface area (Å²) in [5.74, 6) is 2.17. The van der Waals surface area contributed by atoms with E-state index in [4.69, 9.17) is 0 Å². The summed E-state index contributed by atoms with van der Waals surface area (Å²) in [6.45, 7) is 5.85. The largest absolute Gasteiger partial charge is 0.320 e. The number of thioether (sulfide) groups is 1. The van der Waals surface area contributed by atoms with E-state index in [9.17, 15) is 4.79 Å². The topological polar surface area (TPSA) is 63.1 Å². The van der Waals surface area contributed by atoms with Gasteiger partial charge in [0.25, 0.3) is 5.91 Å². The average molecular weight is 408 g/mol. The molecule has 150 valence electrons. The molecule has 0 unspecified atom stereocenters. The molecule has 0 bridgehead atoms. The van der Waals surface area contributed by atoms with Crippen LogP contribution in [0.4, 0.5) is 5.69 Å². The number of nitrogens with zero attached hydrogens (tertiary/aromatic N) is 4. The molecule has 1 fully saturated rings. The first kappa shape index (κ1) is 19.7. The molecule has 2 aromatic carbocycles. The first-order valence-corrected chi connectivity index (χ1v) is 11.0. The Morgan fingerprint density at radius 1 is 1.07 bits per heavy atom. The Kier molecular flexibility index (Phi) is 6.27. The predicted octanol–water partition coefficient (Wildman–Crippen LogP) is 3.44. The minimum Gasteiger partial charge on any atom is -0.320 e. The molecule has 1 aliphatic rings. The number of hydrogen-bond donors (Lipinski definition) is 1. The van der Waals surface area contributed by atoms with Gasteiger partial charge in [0.1, 0.15) is 0 Å². The zero-order valence-corrected chi connectivity index (χ0v) is 17.4. The van der Waals surface area contributed by atoms with Crippen molar-refractivity contribution in [1.82, 2.24) is 19.9 Å². The Hall–Kier alpha value is -2.64.